The lowest BCUT2D eigenvalue weighted by Gasteiger charge is -2.39. The van der Waals surface area contributed by atoms with E-state index in [1.54, 1.807) is 0 Å². The third kappa shape index (κ3) is 3.92. The molecule has 1 N–H and O–H groups in total. The lowest BCUT2D eigenvalue weighted by atomic mass is 10.0. The lowest BCUT2D eigenvalue weighted by molar-refractivity contribution is 0.125. The molecule has 122 valence electrons. The molecule has 3 atom stereocenters. The predicted molar refractivity (Wildman–Crippen MR) is 98.6 cm³/mol. The van der Waals surface area contributed by atoms with Gasteiger partial charge in [0.25, 0.3) is 0 Å². The quantitative estimate of drug-likeness (QED) is 0.601. The van der Waals surface area contributed by atoms with Crippen molar-refractivity contribution in [1.29, 1.82) is 0 Å². The van der Waals surface area contributed by atoms with Crippen LogP contribution in [0, 0.1) is 5.92 Å². The van der Waals surface area contributed by atoms with Crippen LogP contribution >= 0.6 is 23.5 Å². The zero-order valence-electron chi connectivity index (χ0n) is 14.0. The molecule has 2 nitrogen and oxygen atoms in total. The second kappa shape index (κ2) is 6.60. The molecular formula is C16H30O2S2Si. The Hall–Kier alpha value is 0.577. The Morgan fingerprint density at radius 2 is 1.81 bits per heavy atom. The van der Waals surface area contributed by atoms with E-state index in [4.69, 9.17) is 4.43 Å². The van der Waals surface area contributed by atoms with Gasteiger partial charge in [-0.25, -0.2) is 0 Å². The summed E-state index contributed by atoms with van der Waals surface area (Å²) in [6, 6.07) is 0. The Bertz CT molecular complexity index is 386. The molecule has 0 amide bonds. The van der Waals surface area contributed by atoms with Crippen molar-refractivity contribution in [2.24, 2.45) is 5.92 Å². The van der Waals surface area contributed by atoms with Crippen molar-refractivity contribution in [2.75, 3.05) is 11.5 Å². The Labute approximate surface area is 139 Å². The van der Waals surface area contributed by atoms with Gasteiger partial charge in [0.15, 0.2) is 8.32 Å². The first kappa shape index (κ1) is 17.9. The van der Waals surface area contributed by atoms with Crippen molar-refractivity contribution < 1.29 is 9.53 Å². The SMILES string of the molecule is C=C1C(O[Si](C)(C)C(C)(C)C)CC(O)C1C1SCCCS1. The van der Waals surface area contributed by atoms with Crippen molar-refractivity contribution in [1.82, 2.24) is 0 Å². The zero-order valence-corrected chi connectivity index (χ0v) is 16.6. The molecule has 0 aromatic carbocycles. The van der Waals surface area contributed by atoms with Crippen LogP contribution in [0.25, 0.3) is 0 Å². The first-order valence-electron chi connectivity index (χ1n) is 7.91. The van der Waals surface area contributed by atoms with Crippen molar-refractivity contribution >= 4 is 31.8 Å². The monoisotopic (exact) mass is 346 g/mol. The highest BCUT2D eigenvalue weighted by molar-refractivity contribution is 8.17. The minimum Gasteiger partial charge on any atom is -0.410 e. The summed E-state index contributed by atoms with van der Waals surface area (Å²) in [4.78, 5) is 0. The van der Waals surface area contributed by atoms with Gasteiger partial charge in [-0.15, -0.1) is 23.5 Å². The van der Waals surface area contributed by atoms with Crippen LogP contribution in [0.1, 0.15) is 33.6 Å². The molecule has 0 bridgehead atoms. The van der Waals surface area contributed by atoms with Crippen molar-refractivity contribution in [3.05, 3.63) is 12.2 Å². The number of hydrogen-bond acceptors (Lipinski definition) is 4. The largest absolute Gasteiger partial charge is 0.410 e. The fourth-order valence-electron chi connectivity index (χ4n) is 2.70. The smallest absolute Gasteiger partial charge is 0.192 e. The molecule has 0 spiro atoms. The van der Waals surface area contributed by atoms with E-state index in [0.29, 0.717) is 4.58 Å². The Morgan fingerprint density at radius 3 is 2.33 bits per heavy atom. The third-order valence-corrected chi connectivity index (χ3v) is 12.7. The second-order valence-electron chi connectivity index (χ2n) is 7.73. The van der Waals surface area contributed by atoms with E-state index in [2.05, 4.69) is 40.4 Å². The molecule has 2 aliphatic rings. The maximum atomic E-state index is 10.5. The second-order valence-corrected chi connectivity index (χ2v) is 15.3. The van der Waals surface area contributed by atoms with Gasteiger partial charge in [-0.2, -0.15) is 0 Å². The molecule has 0 radical (unpaired) electrons. The lowest BCUT2D eigenvalue weighted by Crippen LogP contribution is -2.43. The van der Waals surface area contributed by atoms with Crippen molar-refractivity contribution in [3.8, 4) is 0 Å². The molecule has 1 aliphatic heterocycles. The highest BCUT2D eigenvalue weighted by Gasteiger charge is 2.47. The predicted octanol–water partition coefficient (Wildman–Crippen LogP) is 4.51. The summed E-state index contributed by atoms with van der Waals surface area (Å²) in [5.74, 6) is 2.62. The van der Waals surface area contributed by atoms with Crippen LogP contribution in [-0.4, -0.2) is 41.7 Å². The van der Waals surface area contributed by atoms with Crippen LogP contribution in [0.5, 0.6) is 0 Å². The van der Waals surface area contributed by atoms with Gasteiger partial charge < -0.3 is 9.53 Å². The summed E-state index contributed by atoms with van der Waals surface area (Å²) in [5, 5.41) is 10.7. The van der Waals surface area contributed by atoms with Crippen LogP contribution in [0.4, 0.5) is 0 Å². The topological polar surface area (TPSA) is 29.5 Å². The van der Waals surface area contributed by atoms with Crippen molar-refractivity contribution in [3.63, 3.8) is 0 Å². The van der Waals surface area contributed by atoms with Gasteiger partial charge in [-0.1, -0.05) is 27.4 Å². The average molecular weight is 347 g/mol. The molecule has 2 rings (SSSR count). The average Bonchev–Trinajstić information content (AvgIpc) is 2.63. The number of rotatable bonds is 3. The molecule has 3 unspecified atom stereocenters. The fraction of sp³-hybridized carbons (Fsp3) is 0.875. The number of aliphatic hydroxyl groups excluding tert-OH is 1. The van der Waals surface area contributed by atoms with Crippen LogP contribution in [-0.2, 0) is 4.43 Å². The fourth-order valence-corrected chi connectivity index (χ4v) is 7.38. The summed E-state index contributed by atoms with van der Waals surface area (Å²) < 4.78 is 6.99. The maximum absolute atomic E-state index is 10.5. The molecule has 0 aromatic heterocycles. The van der Waals surface area contributed by atoms with Crippen LogP contribution in [0.3, 0.4) is 0 Å². The Balaban J connectivity index is 2.05. The van der Waals surface area contributed by atoms with Crippen molar-refractivity contribution in [2.45, 2.75) is 68.5 Å². The summed E-state index contributed by atoms with van der Waals surface area (Å²) >= 11 is 3.98. The van der Waals surface area contributed by atoms with E-state index in [1.165, 1.54) is 17.9 Å². The number of hydrogen-bond donors (Lipinski definition) is 1. The molecular weight excluding hydrogens is 316 g/mol. The summed E-state index contributed by atoms with van der Waals surface area (Å²) in [7, 11) is -1.81. The first-order chi connectivity index (χ1) is 9.63. The van der Waals surface area contributed by atoms with E-state index >= 15 is 0 Å². The molecule has 5 heteroatoms. The maximum Gasteiger partial charge on any atom is 0.192 e. The van der Waals surface area contributed by atoms with Crippen LogP contribution < -0.4 is 0 Å². The van der Waals surface area contributed by atoms with Gasteiger partial charge >= 0.3 is 0 Å². The molecule has 2 fully saturated rings. The van der Waals surface area contributed by atoms with Gasteiger partial charge in [0.1, 0.15) is 0 Å². The van der Waals surface area contributed by atoms with Gasteiger partial charge in [0.05, 0.1) is 16.8 Å². The third-order valence-electron chi connectivity index (χ3n) is 5.10. The number of thioether (sulfide) groups is 2. The van der Waals surface area contributed by atoms with Gasteiger partial charge in [-0.3, -0.25) is 0 Å². The Kier molecular flexibility index (Phi) is 5.63. The molecule has 0 aromatic rings. The van der Waals surface area contributed by atoms with Crippen LogP contribution in [0.15, 0.2) is 12.2 Å². The molecule has 1 saturated carbocycles. The normalized spacial score (nSPS) is 32.7. The summed E-state index contributed by atoms with van der Waals surface area (Å²) in [6.45, 7) is 15.7. The minimum absolute atomic E-state index is 0.0500. The highest BCUT2D eigenvalue weighted by atomic mass is 32.2. The van der Waals surface area contributed by atoms with E-state index in [0.717, 1.165) is 12.0 Å². The summed E-state index contributed by atoms with van der Waals surface area (Å²) in [6.07, 6.45) is 1.78. The van der Waals surface area contributed by atoms with Gasteiger partial charge in [0.2, 0.25) is 0 Å². The van der Waals surface area contributed by atoms with Crippen LogP contribution in [0.2, 0.25) is 18.1 Å². The minimum atomic E-state index is -1.81. The zero-order chi connectivity index (χ0) is 15.8. The van der Waals surface area contributed by atoms with E-state index in [9.17, 15) is 5.11 Å². The van der Waals surface area contributed by atoms with Gasteiger partial charge in [0, 0.05) is 12.3 Å². The number of aliphatic hydroxyl groups is 1. The highest BCUT2D eigenvalue weighted by Crippen LogP contribution is 2.48. The standard InChI is InChI=1S/C16H30O2S2Si/c1-11-13(18-21(5,6)16(2,3)4)10-12(17)14(11)15-19-8-7-9-20-15/h12-15,17H,1,7-10H2,2-6H3. The first-order valence-corrected chi connectivity index (χ1v) is 12.9. The van der Waals surface area contributed by atoms with E-state index in [-0.39, 0.29) is 23.2 Å². The molecule has 1 heterocycles. The molecule has 1 saturated heterocycles. The van der Waals surface area contributed by atoms with E-state index < -0.39 is 8.32 Å². The summed E-state index contributed by atoms with van der Waals surface area (Å²) in [5.41, 5.74) is 1.14. The molecule has 21 heavy (non-hydrogen) atoms. The Morgan fingerprint density at radius 1 is 1.24 bits per heavy atom. The van der Waals surface area contributed by atoms with Gasteiger partial charge in [-0.05, 0) is 41.6 Å². The molecule has 1 aliphatic carbocycles. The van der Waals surface area contributed by atoms with E-state index in [1.807, 2.05) is 23.5 Å².